The second-order valence-corrected chi connectivity index (χ2v) is 4.27. The minimum atomic E-state index is -1.16. The first-order valence-electron chi connectivity index (χ1n) is 5.79. The van der Waals surface area contributed by atoms with Gasteiger partial charge in [0, 0.05) is 12.4 Å². The molecular weight excluding hydrogens is 244 g/mol. The van der Waals surface area contributed by atoms with Crippen LogP contribution in [0.25, 0.3) is 0 Å². The third kappa shape index (κ3) is 2.54. The van der Waals surface area contributed by atoms with E-state index in [2.05, 4.69) is 9.97 Å². The second kappa shape index (κ2) is 5.06. The first-order valence-corrected chi connectivity index (χ1v) is 5.79. The van der Waals surface area contributed by atoms with Crippen molar-refractivity contribution in [2.24, 2.45) is 0 Å². The Morgan fingerprint density at radius 3 is 2.42 bits per heavy atom. The maximum Gasteiger partial charge on any atom is 0.360 e. The van der Waals surface area contributed by atoms with E-state index in [1.54, 1.807) is 0 Å². The Morgan fingerprint density at radius 1 is 1.11 bits per heavy atom. The minimum Gasteiger partial charge on any atom is -0.476 e. The van der Waals surface area contributed by atoms with Crippen LogP contribution in [0.15, 0.2) is 24.5 Å². The molecule has 98 valence electrons. The number of carboxylic acid groups (broad SMARTS) is 1. The van der Waals surface area contributed by atoms with E-state index >= 15 is 0 Å². The molecule has 19 heavy (non-hydrogen) atoms. The van der Waals surface area contributed by atoms with Crippen LogP contribution in [-0.2, 0) is 0 Å². The van der Waals surface area contributed by atoms with Crippen molar-refractivity contribution in [3.63, 3.8) is 0 Å². The van der Waals surface area contributed by atoms with Crippen molar-refractivity contribution in [3.8, 4) is 11.6 Å². The van der Waals surface area contributed by atoms with Crippen molar-refractivity contribution in [3.05, 3.63) is 46.9 Å². The van der Waals surface area contributed by atoms with Crippen molar-refractivity contribution in [1.29, 1.82) is 0 Å². The molecule has 0 aliphatic heterocycles. The lowest BCUT2D eigenvalue weighted by atomic mass is 10.1. The molecule has 0 spiro atoms. The maximum absolute atomic E-state index is 11.1. The van der Waals surface area contributed by atoms with Gasteiger partial charge in [-0.3, -0.25) is 0 Å². The molecule has 2 rings (SSSR count). The van der Waals surface area contributed by atoms with Gasteiger partial charge in [0.25, 0.3) is 5.88 Å². The van der Waals surface area contributed by atoms with E-state index < -0.39 is 5.97 Å². The Balaban J connectivity index is 2.48. The molecule has 5 nitrogen and oxygen atoms in total. The number of rotatable bonds is 3. The monoisotopic (exact) mass is 258 g/mol. The van der Waals surface area contributed by atoms with Gasteiger partial charge in [0.1, 0.15) is 5.75 Å². The highest BCUT2D eigenvalue weighted by molar-refractivity contribution is 5.87. The number of carbonyl (C=O) groups is 1. The van der Waals surface area contributed by atoms with E-state index in [0.29, 0.717) is 5.75 Å². The number of ether oxygens (including phenoxy) is 1. The molecule has 0 radical (unpaired) electrons. The molecule has 0 bridgehead atoms. The summed E-state index contributed by atoms with van der Waals surface area (Å²) in [4.78, 5) is 18.8. The average Bonchev–Trinajstić information content (AvgIpc) is 2.39. The fourth-order valence-corrected chi connectivity index (χ4v) is 1.73. The molecule has 2 aromatic rings. The van der Waals surface area contributed by atoms with E-state index in [1.165, 1.54) is 12.4 Å². The summed E-state index contributed by atoms with van der Waals surface area (Å²) in [6.07, 6.45) is 2.73. The summed E-state index contributed by atoms with van der Waals surface area (Å²) in [5.74, 6) is -0.527. The Bertz CT molecular complexity index is 639. The maximum atomic E-state index is 11.1. The van der Waals surface area contributed by atoms with Crippen LogP contribution in [0.2, 0.25) is 0 Å². The van der Waals surface area contributed by atoms with E-state index in [4.69, 9.17) is 9.84 Å². The molecule has 1 heterocycles. The molecule has 0 fully saturated rings. The van der Waals surface area contributed by atoms with Gasteiger partial charge in [-0.15, -0.1) is 0 Å². The third-order valence-corrected chi connectivity index (χ3v) is 2.94. The zero-order valence-electron chi connectivity index (χ0n) is 11.0. The summed E-state index contributed by atoms with van der Waals surface area (Å²) in [6, 6.07) is 3.92. The summed E-state index contributed by atoms with van der Waals surface area (Å²) in [6.45, 7) is 5.80. The molecule has 0 saturated heterocycles. The third-order valence-electron chi connectivity index (χ3n) is 2.94. The quantitative estimate of drug-likeness (QED) is 0.916. The van der Waals surface area contributed by atoms with Crippen LogP contribution in [0.5, 0.6) is 11.6 Å². The highest BCUT2D eigenvalue weighted by Gasteiger charge is 2.17. The lowest BCUT2D eigenvalue weighted by Gasteiger charge is -2.13. The summed E-state index contributed by atoms with van der Waals surface area (Å²) in [5, 5.41) is 9.05. The Morgan fingerprint density at radius 2 is 1.74 bits per heavy atom. The molecule has 1 N–H and O–H groups in total. The molecule has 0 saturated carbocycles. The largest absolute Gasteiger partial charge is 0.476 e. The molecule has 5 heteroatoms. The van der Waals surface area contributed by atoms with Crippen molar-refractivity contribution in [1.82, 2.24) is 9.97 Å². The van der Waals surface area contributed by atoms with Crippen molar-refractivity contribution in [2.45, 2.75) is 20.8 Å². The smallest absolute Gasteiger partial charge is 0.360 e. The van der Waals surface area contributed by atoms with E-state index in [1.807, 2.05) is 32.9 Å². The van der Waals surface area contributed by atoms with Crippen LogP contribution in [0.1, 0.15) is 27.2 Å². The van der Waals surface area contributed by atoms with Crippen molar-refractivity contribution in [2.75, 3.05) is 0 Å². The topological polar surface area (TPSA) is 72.3 Å². The number of nitrogens with zero attached hydrogens (tertiary/aromatic N) is 2. The highest BCUT2D eigenvalue weighted by atomic mass is 16.5. The lowest BCUT2D eigenvalue weighted by Crippen LogP contribution is -2.05. The first-order chi connectivity index (χ1) is 9.00. The summed E-state index contributed by atoms with van der Waals surface area (Å²) in [7, 11) is 0. The van der Waals surface area contributed by atoms with E-state index in [0.717, 1.165) is 16.7 Å². The molecule has 0 unspecified atom stereocenters. The fraction of sp³-hybridized carbons (Fsp3) is 0.214. The SMILES string of the molecule is Cc1ccc(C)c(Oc2nccnc2C(=O)O)c1C. The number of benzene rings is 1. The number of hydrogen-bond acceptors (Lipinski definition) is 4. The molecule has 0 aliphatic rings. The standard InChI is InChI=1S/C14H14N2O3/c1-8-4-5-9(2)12(10(8)3)19-13-11(14(17)18)15-6-7-16-13/h4-7H,1-3H3,(H,17,18). The number of hydrogen-bond donors (Lipinski definition) is 1. The average molecular weight is 258 g/mol. The van der Waals surface area contributed by atoms with Crippen LogP contribution < -0.4 is 4.74 Å². The molecule has 1 aromatic heterocycles. The zero-order valence-corrected chi connectivity index (χ0v) is 11.0. The Kier molecular flexibility index (Phi) is 3.46. The first kappa shape index (κ1) is 13.0. The Hall–Kier alpha value is -2.43. The minimum absolute atomic E-state index is 0.00630. The van der Waals surface area contributed by atoms with Crippen LogP contribution in [0.3, 0.4) is 0 Å². The number of carboxylic acids is 1. The number of aromatic carboxylic acids is 1. The highest BCUT2D eigenvalue weighted by Crippen LogP contribution is 2.30. The normalized spacial score (nSPS) is 10.3. The van der Waals surface area contributed by atoms with Crippen LogP contribution >= 0.6 is 0 Å². The lowest BCUT2D eigenvalue weighted by molar-refractivity contribution is 0.0686. The van der Waals surface area contributed by atoms with Gasteiger partial charge in [0.2, 0.25) is 5.69 Å². The summed E-state index contributed by atoms with van der Waals surface area (Å²) in [5.41, 5.74) is 2.76. The van der Waals surface area contributed by atoms with Crippen LogP contribution in [-0.4, -0.2) is 21.0 Å². The van der Waals surface area contributed by atoms with Gasteiger partial charge in [-0.05, 0) is 37.5 Å². The summed E-state index contributed by atoms with van der Waals surface area (Å²) < 4.78 is 5.66. The molecule has 0 amide bonds. The van der Waals surface area contributed by atoms with Gasteiger partial charge >= 0.3 is 5.97 Å². The van der Waals surface area contributed by atoms with Gasteiger partial charge in [0.05, 0.1) is 0 Å². The van der Waals surface area contributed by atoms with Gasteiger partial charge in [-0.2, -0.15) is 0 Å². The number of aromatic nitrogens is 2. The van der Waals surface area contributed by atoms with Gasteiger partial charge < -0.3 is 9.84 Å². The predicted octanol–water partition coefficient (Wildman–Crippen LogP) is 2.89. The van der Waals surface area contributed by atoms with E-state index in [9.17, 15) is 4.79 Å². The van der Waals surface area contributed by atoms with Gasteiger partial charge in [-0.25, -0.2) is 14.8 Å². The molecule has 0 atom stereocenters. The predicted molar refractivity (Wildman–Crippen MR) is 69.7 cm³/mol. The zero-order chi connectivity index (χ0) is 14.0. The van der Waals surface area contributed by atoms with Crippen molar-refractivity contribution < 1.29 is 14.6 Å². The summed E-state index contributed by atoms with van der Waals surface area (Å²) >= 11 is 0. The van der Waals surface area contributed by atoms with Gasteiger partial charge in [0.15, 0.2) is 0 Å². The van der Waals surface area contributed by atoms with Crippen LogP contribution in [0, 0.1) is 20.8 Å². The number of aryl methyl sites for hydroxylation is 2. The van der Waals surface area contributed by atoms with Crippen LogP contribution in [0.4, 0.5) is 0 Å². The molecular formula is C14H14N2O3. The fourth-order valence-electron chi connectivity index (χ4n) is 1.73. The Labute approximate surface area is 110 Å². The second-order valence-electron chi connectivity index (χ2n) is 4.27. The molecule has 0 aliphatic carbocycles. The van der Waals surface area contributed by atoms with Gasteiger partial charge in [-0.1, -0.05) is 12.1 Å². The molecule has 1 aromatic carbocycles. The van der Waals surface area contributed by atoms with E-state index in [-0.39, 0.29) is 11.6 Å². The van der Waals surface area contributed by atoms with Crippen molar-refractivity contribution >= 4 is 5.97 Å².